The van der Waals surface area contributed by atoms with Crippen molar-refractivity contribution in [3.05, 3.63) is 35.1 Å². The minimum Gasteiger partial charge on any atom is -0.396 e. The molecule has 24 heavy (non-hydrogen) atoms. The van der Waals surface area contributed by atoms with Crippen LogP contribution in [0.1, 0.15) is 37.7 Å². The molecule has 2 aliphatic rings. The third-order valence-corrected chi connectivity index (χ3v) is 5.39. The smallest absolute Gasteiger partial charge is 0.166 e. The lowest BCUT2D eigenvalue weighted by Crippen LogP contribution is -2.56. The van der Waals surface area contributed by atoms with Gasteiger partial charge in [-0.15, -0.1) is 0 Å². The number of rotatable bonds is 5. The quantitative estimate of drug-likeness (QED) is 0.834. The maximum absolute atomic E-state index is 13.9. The van der Waals surface area contributed by atoms with Crippen molar-refractivity contribution in [2.45, 2.75) is 50.7 Å². The van der Waals surface area contributed by atoms with Gasteiger partial charge in [0.1, 0.15) is 5.82 Å². The largest absolute Gasteiger partial charge is 0.396 e. The van der Waals surface area contributed by atoms with E-state index in [2.05, 4.69) is 4.90 Å². The molecule has 1 atom stereocenters. The van der Waals surface area contributed by atoms with Crippen molar-refractivity contribution in [1.29, 1.82) is 0 Å². The van der Waals surface area contributed by atoms with Crippen LogP contribution >= 0.6 is 0 Å². The summed E-state index contributed by atoms with van der Waals surface area (Å²) in [5.74, 6) is -2.80. The van der Waals surface area contributed by atoms with Gasteiger partial charge in [0.25, 0.3) is 0 Å². The molecule has 0 amide bonds. The molecule has 6 heteroatoms. The number of halogens is 3. The van der Waals surface area contributed by atoms with Crippen molar-refractivity contribution in [3.63, 3.8) is 0 Å². The van der Waals surface area contributed by atoms with E-state index in [9.17, 15) is 18.3 Å². The third-order valence-electron chi connectivity index (χ3n) is 5.39. The Kier molecular flexibility index (Phi) is 5.79. The second kappa shape index (κ2) is 7.85. The van der Waals surface area contributed by atoms with Crippen LogP contribution in [-0.4, -0.2) is 53.2 Å². The minimum absolute atomic E-state index is 0.0653. The molecular formula is C18H25F3N2O. The van der Waals surface area contributed by atoms with Crippen LogP contribution in [0.15, 0.2) is 12.1 Å². The Labute approximate surface area is 141 Å². The average molecular weight is 342 g/mol. The zero-order valence-electron chi connectivity index (χ0n) is 13.9. The highest BCUT2D eigenvalue weighted by molar-refractivity contribution is 5.21. The van der Waals surface area contributed by atoms with Crippen LogP contribution in [0, 0.1) is 17.5 Å². The highest BCUT2D eigenvalue weighted by Crippen LogP contribution is 2.28. The van der Waals surface area contributed by atoms with Crippen LogP contribution in [0.4, 0.5) is 13.2 Å². The highest BCUT2D eigenvalue weighted by atomic mass is 19.2. The maximum Gasteiger partial charge on any atom is 0.166 e. The predicted octanol–water partition coefficient (Wildman–Crippen LogP) is 2.92. The molecule has 3 rings (SSSR count). The van der Waals surface area contributed by atoms with E-state index >= 15 is 0 Å². The van der Waals surface area contributed by atoms with Gasteiger partial charge in [-0.3, -0.25) is 9.80 Å². The SMILES string of the molecule is OCCC1CN(Cc2c(F)ccc(F)c2F)CCN1C1CCCC1. The molecule has 0 radical (unpaired) electrons. The average Bonchev–Trinajstić information content (AvgIpc) is 3.10. The Morgan fingerprint density at radius 1 is 1.04 bits per heavy atom. The van der Waals surface area contributed by atoms with Gasteiger partial charge in [0.2, 0.25) is 0 Å². The fourth-order valence-electron chi connectivity index (χ4n) is 4.14. The van der Waals surface area contributed by atoms with E-state index in [4.69, 9.17) is 0 Å². The monoisotopic (exact) mass is 342 g/mol. The second-order valence-corrected chi connectivity index (χ2v) is 6.90. The molecule has 0 spiro atoms. The van der Waals surface area contributed by atoms with Crippen LogP contribution in [0.25, 0.3) is 0 Å². The van der Waals surface area contributed by atoms with Gasteiger partial charge in [0.15, 0.2) is 11.6 Å². The molecule has 1 aliphatic heterocycles. The van der Waals surface area contributed by atoms with E-state index in [1.165, 1.54) is 25.7 Å². The van der Waals surface area contributed by atoms with Crippen LogP contribution in [0.3, 0.4) is 0 Å². The van der Waals surface area contributed by atoms with Gasteiger partial charge in [-0.2, -0.15) is 0 Å². The van der Waals surface area contributed by atoms with Gasteiger partial charge >= 0.3 is 0 Å². The Hall–Kier alpha value is -1.11. The molecule has 1 saturated carbocycles. The van der Waals surface area contributed by atoms with Gasteiger partial charge in [-0.1, -0.05) is 12.8 Å². The van der Waals surface area contributed by atoms with Crippen molar-refractivity contribution in [2.24, 2.45) is 0 Å². The van der Waals surface area contributed by atoms with Crippen LogP contribution in [0.5, 0.6) is 0 Å². The van der Waals surface area contributed by atoms with Crippen molar-refractivity contribution in [2.75, 3.05) is 26.2 Å². The van der Waals surface area contributed by atoms with Gasteiger partial charge in [0, 0.05) is 50.4 Å². The molecule has 1 aromatic rings. The lowest BCUT2D eigenvalue weighted by molar-refractivity contribution is 0.0258. The Bertz CT molecular complexity index is 563. The summed E-state index contributed by atoms with van der Waals surface area (Å²) < 4.78 is 41.1. The van der Waals surface area contributed by atoms with E-state index in [-0.39, 0.29) is 24.8 Å². The molecule has 1 saturated heterocycles. The summed E-state index contributed by atoms with van der Waals surface area (Å²) in [5.41, 5.74) is -0.202. The number of aliphatic hydroxyl groups excluding tert-OH is 1. The van der Waals surface area contributed by atoms with E-state index in [1.54, 1.807) is 0 Å². The molecule has 2 fully saturated rings. The minimum atomic E-state index is -1.09. The van der Waals surface area contributed by atoms with Gasteiger partial charge < -0.3 is 5.11 Å². The first-order valence-electron chi connectivity index (χ1n) is 8.81. The predicted molar refractivity (Wildman–Crippen MR) is 86.0 cm³/mol. The molecule has 1 heterocycles. The van der Waals surface area contributed by atoms with Crippen molar-refractivity contribution < 1.29 is 18.3 Å². The molecule has 134 valence electrons. The molecule has 1 unspecified atom stereocenters. The fraction of sp³-hybridized carbons (Fsp3) is 0.667. The number of hydrogen-bond acceptors (Lipinski definition) is 3. The Morgan fingerprint density at radius 2 is 1.75 bits per heavy atom. The number of nitrogens with zero attached hydrogens (tertiary/aromatic N) is 2. The third kappa shape index (κ3) is 3.76. The number of aliphatic hydroxyl groups is 1. The zero-order chi connectivity index (χ0) is 17.1. The first kappa shape index (κ1) is 17.7. The highest BCUT2D eigenvalue weighted by Gasteiger charge is 2.33. The van der Waals surface area contributed by atoms with E-state index in [0.717, 1.165) is 18.7 Å². The molecule has 3 nitrogen and oxygen atoms in total. The topological polar surface area (TPSA) is 26.7 Å². The van der Waals surface area contributed by atoms with E-state index in [0.29, 0.717) is 25.6 Å². The normalized spacial score (nSPS) is 23.9. The first-order chi connectivity index (χ1) is 11.6. The molecule has 1 aromatic carbocycles. The maximum atomic E-state index is 13.9. The van der Waals surface area contributed by atoms with Crippen molar-refractivity contribution in [1.82, 2.24) is 9.80 Å². The van der Waals surface area contributed by atoms with Crippen LogP contribution in [0.2, 0.25) is 0 Å². The number of piperazine rings is 1. The van der Waals surface area contributed by atoms with Crippen LogP contribution in [-0.2, 0) is 6.54 Å². The second-order valence-electron chi connectivity index (χ2n) is 6.90. The summed E-state index contributed by atoms with van der Waals surface area (Å²) in [5, 5.41) is 9.36. The Morgan fingerprint density at radius 3 is 2.46 bits per heavy atom. The number of benzene rings is 1. The van der Waals surface area contributed by atoms with E-state index in [1.807, 2.05) is 4.90 Å². The van der Waals surface area contributed by atoms with Gasteiger partial charge in [0.05, 0.1) is 0 Å². The summed E-state index contributed by atoms with van der Waals surface area (Å²) in [6, 6.07) is 2.55. The molecule has 0 aromatic heterocycles. The lowest BCUT2D eigenvalue weighted by Gasteiger charge is -2.44. The zero-order valence-corrected chi connectivity index (χ0v) is 13.9. The molecular weight excluding hydrogens is 317 g/mol. The molecule has 0 bridgehead atoms. The van der Waals surface area contributed by atoms with Crippen LogP contribution < -0.4 is 0 Å². The summed E-state index contributed by atoms with van der Waals surface area (Å²) in [4.78, 5) is 4.42. The summed E-state index contributed by atoms with van der Waals surface area (Å²) in [6.45, 7) is 2.34. The molecule has 1 aliphatic carbocycles. The standard InChI is InChI=1S/C18H25F3N2O/c19-16-5-6-17(20)18(21)15(16)12-22-8-9-23(13-3-1-2-4-13)14(11-22)7-10-24/h5-6,13-14,24H,1-4,7-12H2. The Balaban J connectivity index is 1.69. The summed E-state index contributed by atoms with van der Waals surface area (Å²) in [6.07, 6.45) is 5.53. The summed E-state index contributed by atoms with van der Waals surface area (Å²) >= 11 is 0. The van der Waals surface area contributed by atoms with Gasteiger partial charge in [-0.25, -0.2) is 13.2 Å². The van der Waals surface area contributed by atoms with Crippen molar-refractivity contribution in [3.8, 4) is 0 Å². The lowest BCUT2D eigenvalue weighted by atomic mass is 10.0. The fourth-order valence-corrected chi connectivity index (χ4v) is 4.14. The van der Waals surface area contributed by atoms with Gasteiger partial charge in [-0.05, 0) is 31.4 Å². The van der Waals surface area contributed by atoms with E-state index < -0.39 is 17.5 Å². The number of hydrogen-bond donors (Lipinski definition) is 1. The summed E-state index contributed by atoms with van der Waals surface area (Å²) in [7, 11) is 0. The van der Waals surface area contributed by atoms with Crippen molar-refractivity contribution >= 4 is 0 Å². The first-order valence-corrected chi connectivity index (χ1v) is 8.81. The molecule has 1 N–H and O–H groups in total.